The zero-order valence-electron chi connectivity index (χ0n) is 10.0. The minimum atomic E-state index is 0.283. The van der Waals surface area contributed by atoms with Gasteiger partial charge in [0, 0.05) is 12.1 Å². The van der Waals surface area contributed by atoms with Gasteiger partial charge < -0.3 is 10.4 Å². The third kappa shape index (κ3) is 5.23. The molecular weight excluding hydrogens is 206 g/mol. The molecule has 0 aromatic heterocycles. The summed E-state index contributed by atoms with van der Waals surface area (Å²) in [5.41, 5.74) is 0. The van der Waals surface area contributed by atoms with Crippen LogP contribution >= 0.6 is 11.8 Å². The van der Waals surface area contributed by atoms with Gasteiger partial charge in [-0.1, -0.05) is 19.8 Å². The molecule has 3 heteroatoms. The van der Waals surface area contributed by atoms with Gasteiger partial charge in [0.15, 0.2) is 0 Å². The Hall–Kier alpha value is 0.270. The van der Waals surface area contributed by atoms with E-state index in [-0.39, 0.29) is 6.61 Å². The Morgan fingerprint density at radius 1 is 1.47 bits per heavy atom. The molecular formula is C12H25NOS. The predicted molar refractivity (Wildman–Crippen MR) is 68.4 cm³/mol. The summed E-state index contributed by atoms with van der Waals surface area (Å²) in [4.78, 5) is 0. The van der Waals surface area contributed by atoms with E-state index >= 15 is 0 Å². The average Bonchev–Trinajstić information content (AvgIpc) is 2.24. The topological polar surface area (TPSA) is 32.3 Å². The van der Waals surface area contributed by atoms with Crippen LogP contribution in [-0.2, 0) is 0 Å². The van der Waals surface area contributed by atoms with Crippen LogP contribution in [0.3, 0.4) is 0 Å². The molecule has 0 radical (unpaired) electrons. The molecule has 90 valence electrons. The van der Waals surface area contributed by atoms with E-state index in [2.05, 4.69) is 18.5 Å². The molecule has 1 rings (SSSR count). The lowest BCUT2D eigenvalue weighted by Gasteiger charge is -2.30. The van der Waals surface area contributed by atoms with E-state index in [0.29, 0.717) is 12.1 Å². The lowest BCUT2D eigenvalue weighted by atomic mass is 9.86. The minimum Gasteiger partial charge on any atom is -0.395 e. The first kappa shape index (κ1) is 13.3. The van der Waals surface area contributed by atoms with E-state index < -0.39 is 0 Å². The van der Waals surface area contributed by atoms with Gasteiger partial charge in [-0.2, -0.15) is 11.8 Å². The molecule has 15 heavy (non-hydrogen) atoms. The number of aliphatic hydroxyl groups is 1. The van der Waals surface area contributed by atoms with E-state index in [1.165, 1.54) is 25.7 Å². The second-order valence-corrected chi connectivity index (χ2v) is 5.78. The van der Waals surface area contributed by atoms with Gasteiger partial charge in [0.05, 0.1) is 6.61 Å². The molecule has 1 saturated carbocycles. The molecule has 0 aliphatic heterocycles. The van der Waals surface area contributed by atoms with Crippen molar-refractivity contribution >= 4 is 11.8 Å². The molecule has 2 N–H and O–H groups in total. The molecule has 3 unspecified atom stereocenters. The smallest absolute Gasteiger partial charge is 0.0585 e. The fraction of sp³-hybridized carbons (Fsp3) is 1.00. The molecule has 0 spiro atoms. The maximum Gasteiger partial charge on any atom is 0.0585 e. The van der Waals surface area contributed by atoms with E-state index in [1.54, 1.807) is 0 Å². The largest absolute Gasteiger partial charge is 0.395 e. The zero-order chi connectivity index (χ0) is 11.1. The van der Waals surface area contributed by atoms with Crippen LogP contribution in [0, 0.1) is 5.92 Å². The van der Waals surface area contributed by atoms with Gasteiger partial charge in [0.1, 0.15) is 0 Å². The van der Waals surface area contributed by atoms with Crippen molar-refractivity contribution in [1.82, 2.24) is 5.32 Å². The number of aliphatic hydroxyl groups excluding tert-OH is 1. The van der Waals surface area contributed by atoms with Gasteiger partial charge >= 0.3 is 0 Å². The van der Waals surface area contributed by atoms with Crippen LogP contribution in [0.4, 0.5) is 0 Å². The van der Waals surface area contributed by atoms with Gasteiger partial charge in [0.2, 0.25) is 0 Å². The van der Waals surface area contributed by atoms with Crippen molar-refractivity contribution < 1.29 is 5.11 Å². The van der Waals surface area contributed by atoms with Crippen LogP contribution in [0.2, 0.25) is 0 Å². The number of hydrogen-bond acceptors (Lipinski definition) is 3. The molecule has 3 atom stereocenters. The Bertz CT molecular complexity index is 166. The molecule has 2 nitrogen and oxygen atoms in total. The van der Waals surface area contributed by atoms with Gasteiger partial charge in [-0.05, 0) is 37.2 Å². The monoisotopic (exact) mass is 231 g/mol. The molecule has 0 amide bonds. The van der Waals surface area contributed by atoms with Crippen molar-refractivity contribution in [2.75, 3.05) is 18.6 Å². The molecule has 0 heterocycles. The molecule has 0 aromatic rings. The minimum absolute atomic E-state index is 0.283. The van der Waals surface area contributed by atoms with Crippen LogP contribution in [0.15, 0.2) is 0 Å². The van der Waals surface area contributed by atoms with Crippen molar-refractivity contribution in [3.05, 3.63) is 0 Å². The van der Waals surface area contributed by atoms with Gasteiger partial charge in [0.25, 0.3) is 0 Å². The highest BCUT2D eigenvalue weighted by atomic mass is 32.2. The molecule has 1 aliphatic carbocycles. The Morgan fingerprint density at radius 3 is 2.87 bits per heavy atom. The van der Waals surface area contributed by atoms with Gasteiger partial charge in [-0.25, -0.2) is 0 Å². The summed E-state index contributed by atoms with van der Waals surface area (Å²) in [5.74, 6) is 2.00. The van der Waals surface area contributed by atoms with Crippen molar-refractivity contribution in [2.45, 2.75) is 51.1 Å². The summed E-state index contributed by atoms with van der Waals surface area (Å²) in [5, 5.41) is 12.9. The van der Waals surface area contributed by atoms with Gasteiger partial charge in [-0.3, -0.25) is 0 Å². The Labute approximate surface area is 98.2 Å². The van der Waals surface area contributed by atoms with E-state index in [9.17, 15) is 5.11 Å². The quantitative estimate of drug-likeness (QED) is 0.735. The standard InChI is InChI=1S/C12H25NOS/c1-10-4-3-5-11(8-10)13-12(9-14)6-7-15-2/h10-14H,3-9H2,1-2H3. The number of rotatable bonds is 6. The van der Waals surface area contributed by atoms with Gasteiger partial charge in [-0.15, -0.1) is 0 Å². The lowest BCUT2D eigenvalue weighted by molar-refractivity contribution is 0.204. The van der Waals surface area contributed by atoms with Crippen molar-refractivity contribution in [1.29, 1.82) is 0 Å². The highest BCUT2D eigenvalue weighted by molar-refractivity contribution is 7.98. The van der Waals surface area contributed by atoms with Crippen LogP contribution in [0.5, 0.6) is 0 Å². The Kier molecular flexibility index (Phi) is 6.69. The first-order valence-electron chi connectivity index (χ1n) is 6.12. The van der Waals surface area contributed by atoms with Crippen molar-refractivity contribution in [3.63, 3.8) is 0 Å². The SMILES string of the molecule is CSCCC(CO)NC1CCCC(C)C1. The highest BCUT2D eigenvalue weighted by Crippen LogP contribution is 2.24. The molecule has 0 saturated heterocycles. The van der Waals surface area contributed by atoms with Crippen molar-refractivity contribution in [2.24, 2.45) is 5.92 Å². The molecule has 1 fully saturated rings. The summed E-state index contributed by atoms with van der Waals surface area (Å²) < 4.78 is 0. The third-order valence-corrected chi connectivity index (χ3v) is 3.94. The molecule has 0 bridgehead atoms. The van der Waals surface area contributed by atoms with E-state index in [1.807, 2.05) is 11.8 Å². The maximum atomic E-state index is 9.28. The molecule has 0 aromatic carbocycles. The average molecular weight is 231 g/mol. The first-order valence-corrected chi connectivity index (χ1v) is 7.51. The number of nitrogens with one attached hydrogen (secondary N) is 1. The van der Waals surface area contributed by atoms with Crippen LogP contribution in [0.25, 0.3) is 0 Å². The predicted octanol–water partition coefficient (Wildman–Crippen LogP) is 2.27. The lowest BCUT2D eigenvalue weighted by Crippen LogP contribution is -2.43. The van der Waals surface area contributed by atoms with E-state index in [0.717, 1.165) is 18.1 Å². The third-order valence-electron chi connectivity index (χ3n) is 3.30. The second kappa shape index (κ2) is 7.53. The Morgan fingerprint density at radius 2 is 2.27 bits per heavy atom. The first-order chi connectivity index (χ1) is 7.26. The van der Waals surface area contributed by atoms with Crippen molar-refractivity contribution in [3.8, 4) is 0 Å². The number of hydrogen-bond donors (Lipinski definition) is 2. The maximum absolute atomic E-state index is 9.28. The van der Waals surface area contributed by atoms with Crippen LogP contribution < -0.4 is 5.32 Å². The zero-order valence-corrected chi connectivity index (χ0v) is 10.9. The summed E-state index contributed by atoms with van der Waals surface area (Å²) >= 11 is 1.86. The summed E-state index contributed by atoms with van der Waals surface area (Å²) in [6, 6.07) is 0.959. The van der Waals surface area contributed by atoms with Crippen LogP contribution in [-0.4, -0.2) is 35.8 Å². The summed E-state index contributed by atoms with van der Waals surface area (Å²) in [6.07, 6.45) is 8.52. The fourth-order valence-corrected chi connectivity index (χ4v) is 2.93. The Balaban J connectivity index is 2.24. The normalized spacial score (nSPS) is 29.0. The summed E-state index contributed by atoms with van der Waals surface area (Å²) in [7, 11) is 0. The van der Waals surface area contributed by atoms with E-state index in [4.69, 9.17) is 0 Å². The van der Waals surface area contributed by atoms with Crippen LogP contribution in [0.1, 0.15) is 39.0 Å². The fourth-order valence-electron chi connectivity index (χ4n) is 2.41. The second-order valence-electron chi connectivity index (χ2n) is 4.80. The number of thioether (sulfide) groups is 1. The molecule has 1 aliphatic rings. The highest BCUT2D eigenvalue weighted by Gasteiger charge is 2.20. The summed E-state index contributed by atoms with van der Waals surface area (Å²) in [6.45, 7) is 2.62.